The van der Waals surface area contributed by atoms with Crippen molar-refractivity contribution in [1.82, 2.24) is 0 Å². The number of aliphatic hydroxyl groups is 1. The fourth-order valence-corrected chi connectivity index (χ4v) is 2.35. The molecule has 2 aromatic rings. The van der Waals surface area contributed by atoms with Gasteiger partial charge in [0.15, 0.2) is 11.5 Å². The number of nitro benzene ring substituents is 1. The topological polar surface area (TPSA) is 106 Å². The van der Waals surface area contributed by atoms with Crippen LogP contribution in [0.3, 0.4) is 0 Å². The lowest BCUT2D eigenvalue weighted by atomic mass is 9.99. The van der Waals surface area contributed by atoms with Crippen LogP contribution >= 0.6 is 0 Å². The zero-order valence-corrected chi connectivity index (χ0v) is 13.2. The molecule has 0 fully saturated rings. The number of nitrogens with zero attached hydrogens (tertiary/aromatic N) is 2. The molecule has 24 heavy (non-hydrogen) atoms. The maximum atomic E-state index is 11.3. The zero-order valence-electron chi connectivity index (χ0n) is 13.2. The van der Waals surface area contributed by atoms with Crippen molar-refractivity contribution >= 4 is 5.69 Å². The Balaban J connectivity index is 2.36. The van der Waals surface area contributed by atoms with E-state index in [4.69, 9.17) is 14.7 Å². The zero-order chi connectivity index (χ0) is 17.7. The molecule has 0 saturated carbocycles. The van der Waals surface area contributed by atoms with E-state index in [1.54, 1.807) is 24.3 Å². The summed E-state index contributed by atoms with van der Waals surface area (Å²) >= 11 is 0. The van der Waals surface area contributed by atoms with Gasteiger partial charge in [0.2, 0.25) is 0 Å². The quantitative estimate of drug-likeness (QED) is 0.645. The molecule has 1 N–H and O–H groups in total. The highest BCUT2D eigenvalue weighted by Crippen LogP contribution is 2.36. The van der Waals surface area contributed by atoms with Gasteiger partial charge in [0, 0.05) is 12.0 Å². The summed E-state index contributed by atoms with van der Waals surface area (Å²) in [5.74, 6) is 0.603. The first kappa shape index (κ1) is 17.2. The van der Waals surface area contributed by atoms with Gasteiger partial charge in [0.05, 0.1) is 42.9 Å². The average Bonchev–Trinajstić information content (AvgIpc) is 2.61. The molecule has 0 aliphatic carbocycles. The lowest BCUT2D eigenvalue weighted by Crippen LogP contribution is -2.06. The molecular formula is C17H16N2O5. The smallest absolute Gasteiger partial charge is 0.276 e. The molecule has 0 bridgehead atoms. The highest BCUT2D eigenvalue weighted by molar-refractivity contribution is 5.54. The Morgan fingerprint density at radius 1 is 1.21 bits per heavy atom. The maximum absolute atomic E-state index is 11.3. The van der Waals surface area contributed by atoms with E-state index in [2.05, 4.69) is 0 Å². The molecule has 1 unspecified atom stereocenters. The lowest BCUT2D eigenvalue weighted by molar-refractivity contribution is -0.385. The van der Waals surface area contributed by atoms with Crippen LogP contribution in [0.5, 0.6) is 11.5 Å². The van der Waals surface area contributed by atoms with Gasteiger partial charge in [0.1, 0.15) is 0 Å². The van der Waals surface area contributed by atoms with Crippen LogP contribution in [0.25, 0.3) is 0 Å². The molecule has 1 atom stereocenters. The number of aliphatic hydroxyl groups excluding tert-OH is 1. The Kier molecular flexibility index (Phi) is 5.35. The highest BCUT2D eigenvalue weighted by atomic mass is 16.6. The fourth-order valence-electron chi connectivity index (χ4n) is 2.35. The molecule has 7 heteroatoms. The van der Waals surface area contributed by atoms with E-state index >= 15 is 0 Å². The number of ether oxygens (including phenoxy) is 2. The number of rotatable bonds is 6. The second-order valence-electron chi connectivity index (χ2n) is 5.05. The van der Waals surface area contributed by atoms with Crippen LogP contribution < -0.4 is 9.47 Å². The monoisotopic (exact) mass is 328 g/mol. The summed E-state index contributed by atoms with van der Waals surface area (Å²) in [5, 5.41) is 30.4. The minimum Gasteiger partial charge on any atom is -0.493 e. The van der Waals surface area contributed by atoms with Crippen molar-refractivity contribution in [3.8, 4) is 17.6 Å². The summed E-state index contributed by atoms with van der Waals surface area (Å²) < 4.78 is 10.2. The minimum absolute atomic E-state index is 0.0303. The number of hydrogen-bond acceptors (Lipinski definition) is 6. The van der Waals surface area contributed by atoms with Crippen molar-refractivity contribution in [1.29, 1.82) is 5.26 Å². The lowest BCUT2D eigenvalue weighted by Gasteiger charge is -2.14. The minimum atomic E-state index is -0.949. The molecule has 0 saturated heterocycles. The third-order valence-corrected chi connectivity index (χ3v) is 3.62. The Hall–Kier alpha value is -3.11. The summed E-state index contributed by atoms with van der Waals surface area (Å²) in [4.78, 5) is 10.8. The molecule has 0 radical (unpaired) electrons. The number of hydrogen-bond donors (Lipinski definition) is 1. The van der Waals surface area contributed by atoms with Crippen LogP contribution in [-0.4, -0.2) is 24.2 Å². The van der Waals surface area contributed by atoms with E-state index in [-0.39, 0.29) is 17.9 Å². The summed E-state index contributed by atoms with van der Waals surface area (Å²) in [5.41, 5.74) is 1.22. The fraction of sp³-hybridized carbons (Fsp3) is 0.235. The van der Waals surface area contributed by atoms with E-state index in [0.717, 1.165) is 0 Å². The van der Waals surface area contributed by atoms with Crippen molar-refractivity contribution in [2.24, 2.45) is 0 Å². The summed E-state index contributed by atoms with van der Waals surface area (Å²) in [6.07, 6.45) is -0.919. The van der Waals surface area contributed by atoms with Crippen LogP contribution in [-0.2, 0) is 6.42 Å². The van der Waals surface area contributed by atoms with Crippen molar-refractivity contribution in [3.05, 3.63) is 63.2 Å². The number of methoxy groups -OCH3 is 2. The van der Waals surface area contributed by atoms with Gasteiger partial charge in [-0.05, 0) is 23.8 Å². The Bertz CT molecular complexity index is 781. The van der Waals surface area contributed by atoms with Gasteiger partial charge in [-0.15, -0.1) is 0 Å². The molecule has 124 valence electrons. The highest BCUT2D eigenvalue weighted by Gasteiger charge is 2.22. The van der Waals surface area contributed by atoms with E-state index < -0.39 is 11.0 Å². The molecule has 0 aromatic heterocycles. The first-order chi connectivity index (χ1) is 11.5. The van der Waals surface area contributed by atoms with Crippen LogP contribution in [0.15, 0.2) is 36.4 Å². The second kappa shape index (κ2) is 7.44. The third-order valence-electron chi connectivity index (χ3n) is 3.62. The van der Waals surface area contributed by atoms with Crippen molar-refractivity contribution in [2.75, 3.05) is 14.2 Å². The van der Waals surface area contributed by atoms with Crippen LogP contribution in [0.4, 0.5) is 5.69 Å². The molecule has 7 nitrogen and oxygen atoms in total. The van der Waals surface area contributed by atoms with Gasteiger partial charge in [-0.25, -0.2) is 0 Å². The van der Waals surface area contributed by atoms with Crippen molar-refractivity contribution < 1.29 is 19.5 Å². The predicted molar refractivity (Wildman–Crippen MR) is 86.0 cm³/mol. The Morgan fingerprint density at radius 2 is 1.79 bits per heavy atom. The van der Waals surface area contributed by atoms with Crippen molar-refractivity contribution in [3.63, 3.8) is 0 Å². The second-order valence-corrected chi connectivity index (χ2v) is 5.05. The number of nitro groups is 1. The number of benzene rings is 2. The SMILES string of the molecule is COc1cc(CC(O)c2ccc(C#N)cc2)c([N+](=O)[O-])cc1OC. The van der Waals surface area contributed by atoms with E-state index in [1.807, 2.05) is 6.07 Å². The van der Waals surface area contributed by atoms with E-state index in [1.165, 1.54) is 26.4 Å². The first-order valence-corrected chi connectivity index (χ1v) is 7.07. The van der Waals surface area contributed by atoms with Gasteiger partial charge in [-0.2, -0.15) is 5.26 Å². The standard InChI is InChI=1S/C17H16N2O5/c1-23-16-8-13(14(19(21)22)9-17(16)24-2)7-15(20)12-5-3-11(10-18)4-6-12/h3-6,8-9,15,20H,7H2,1-2H3. The van der Waals surface area contributed by atoms with Crippen molar-refractivity contribution in [2.45, 2.75) is 12.5 Å². The summed E-state index contributed by atoms with van der Waals surface area (Å²) in [6, 6.07) is 11.2. The molecule has 0 aliphatic rings. The molecule has 2 aromatic carbocycles. The van der Waals surface area contributed by atoms with Gasteiger partial charge >= 0.3 is 0 Å². The normalized spacial score (nSPS) is 11.4. The molecular weight excluding hydrogens is 312 g/mol. The summed E-state index contributed by atoms with van der Waals surface area (Å²) in [7, 11) is 2.83. The molecule has 0 aliphatic heterocycles. The van der Waals surface area contributed by atoms with Crippen LogP contribution in [0, 0.1) is 21.4 Å². The van der Waals surface area contributed by atoms with E-state index in [9.17, 15) is 15.2 Å². The van der Waals surface area contributed by atoms with Gasteiger partial charge in [-0.3, -0.25) is 10.1 Å². The van der Waals surface area contributed by atoms with Crippen LogP contribution in [0.2, 0.25) is 0 Å². The summed E-state index contributed by atoms with van der Waals surface area (Å²) in [6.45, 7) is 0. The largest absolute Gasteiger partial charge is 0.493 e. The van der Waals surface area contributed by atoms with E-state index in [0.29, 0.717) is 22.4 Å². The average molecular weight is 328 g/mol. The predicted octanol–water partition coefficient (Wildman–Crippen LogP) is 2.76. The third kappa shape index (κ3) is 3.62. The molecule has 0 amide bonds. The van der Waals surface area contributed by atoms with Crippen LogP contribution in [0.1, 0.15) is 22.8 Å². The molecule has 2 rings (SSSR count). The maximum Gasteiger partial charge on any atom is 0.276 e. The van der Waals surface area contributed by atoms with Gasteiger partial charge < -0.3 is 14.6 Å². The first-order valence-electron chi connectivity index (χ1n) is 7.07. The number of nitriles is 1. The Morgan fingerprint density at radius 3 is 2.29 bits per heavy atom. The Labute approximate surface area is 138 Å². The van der Waals surface area contributed by atoms with Gasteiger partial charge in [-0.1, -0.05) is 12.1 Å². The van der Waals surface area contributed by atoms with Gasteiger partial charge in [0.25, 0.3) is 5.69 Å². The molecule has 0 spiro atoms. The molecule has 0 heterocycles.